The number of hydrogen-bond donors (Lipinski definition) is 0. The second-order valence-corrected chi connectivity index (χ2v) is 10.3. The molecule has 208 valence electrons. The Balaban J connectivity index is 1.41. The van der Waals surface area contributed by atoms with E-state index >= 15 is 0 Å². The lowest BCUT2D eigenvalue weighted by molar-refractivity contribution is -0.137. The number of nitrogens with zero attached hydrogens (tertiary/aromatic N) is 5. The van der Waals surface area contributed by atoms with Gasteiger partial charge in [-0.2, -0.15) is 13.2 Å². The Labute approximate surface area is 234 Å². The van der Waals surface area contributed by atoms with Crippen molar-refractivity contribution in [2.75, 3.05) is 19.3 Å². The minimum absolute atomic E-state index is 0.00308. The number of benzene rings is 2. The fraction of sp³-hybridized carbons (Fsp3) is 0.310. The van der Waals surface area contributed by atoms with Gasteiger partial charge in [0.05, 0.1) is 17.0 Å². The van der Waals surface area contributed by atoms with Crippen molar-refractivity contribution in [1.29, 1.82) is 0 Å². The van der Waals surface area contributed by atoms with Crippen molar-refractivity contribution in [1.82, 2.24) is 24.4 Å². The third-order valence-electron chi connectivity index (χ3n) is 6.98. The van der Waals surface area contributed by atoms with Crippen LogP contribution in [0, 0.1) is 0 Å². The minimum Gasteiger partial charge on any atom is -0.445 e. The van der Waals surface area contributed by atoms with Crippen molar-refractivity contribution in [3.05, 3.63) is 83.8 Å². The van der Waals surface area contributed by atoms with Crippen molar-refractivity contribution in [2.45, 2.75) is 36.7 Å². The zero-order chi connectivity index (χ0) is 28.3. The van der Waals surface area contributed by atoms with Gasteiger partial charge in [-0.3, -0.25) is 0 Å². The first-order chi connectivity index (χ1) is 19.2. The Hall–Kier alpha value is -3.86. The molecule has 2 aromatic heterocycles. The van der Waals surface area contributed by atoms with Gasteiger partial charge in [-0.05, 0) is 42.9 Å². The quantitative estimate of drug-likeness (QED) is 0.189. The maximum atomic E-state index is 13.6. The average molecular weight is 568 g/mol. The van der Waals surface area contributed by atoms with Gasteiger partial charge >= 0.3 is 12.3 Å². The number of piperidine rings is 1. The lowest BCUT2D eigenvalue weighted by Crippen LogP contribution is -2.38. The Morgan fingerprint density at radius 1 is 1.05 bits per heavy atom. The molecule has 1 saturated heterocycles. The van der Waals surface area contributed by atoms with Crippen molar-refractivity contribution in [3.8, 4) is 22.6 Å². The molecule has 0 saturated carbocycles. The topological polar surface area (TPSA) is 73.1 Å². The van der Waals surface area contributed by atoms with Gasteiger partial charge < -0.3 is 14.2 Å². The van der Waals surface area contributed by atoms with Crippen LogP contribution in [0.15, 0.2) is 72.0 Å². The van der Waals surface area contributed by atoms with Crippen LogP contribution in [-0.2, 0) is 24.6 Å². The molecular weight excluding hydrogens is 539 g/mol. The first kappa shape index (κ1) is 27.7. The van der Waals surface area contributed by atoms with Crippen molar-refractivity contribution in [2.24, 2.45) is 7.05 Å². The number of thioether (sulfide) groups is 1. The molecule has 7 nitrogen and oxygen atoms in total. The van der Waals surface area contributed by atoms with E-state index in [0.717, 1.165) is 23.5 Å². The molecular formula is C29H28F3N5O2S. The number of aromatic nitrogens is 4. The third kappa shape index (κ3) is 5.99. The Bertz CT molecular complexity index is 1480. The van der Waals surface area contributed by atoms with Gasteiger partial charge in [0, 0.05) is 37.8 Å². The fourth-order valence-electron chi connectivity index (χ4n) is 4.93. The van der Waals surface area contributed by atoms with Crippen molar-refractivity contribution < 1.29 is 22.7 Å². The van der Waals surface area contributed by atoms with Gasteiger partial charge in [0.15, 0.2) is 5.16 Å². The summed E-state index contributed by atoms with van der Waals surface area (Å²) >= 11 is 1.37. The lowest BCUT2D eigenvalue weighted by atomic mass is 9.96. The van der Waals surface area contributed by atoms with Crippen LogP contribution in [0.5, 0.6) is 0 Å². The van der Waals surface area contributed by atoms with Gasteiger partial charge in [-0.1, -0.05) is 54.2 Å². The molecule has 1 amide bonds. The van der Waals surface area contributed by atoms with Crippen LogP contribution < -0.4 is 0 Å². The largest absolute Gasteiger partial charge is 0.445 e. The molecule has 5 rings (SSSR count). The maximum Gasteiger partial charge on any atom is 0.416 e. The van der Waals surface area contributed by atoms with Gasteiger partial charge in [-0.15, -0.1) is 0 Å². The average Bonchev–Trinajstić information content (AvgIpc) is 3.33. The lowest BCUT2D eigenvalue weighted by Gasteiger charge is -2.31. The van der Waals surface area contributed by atoms with Crippen molar-refractivity contribution in [3.63, 3.8) is 0 Å². The van der Waals surface area contributed by atoms with E-state index in [1.807, 2.05) is 48.2 Å². The molecule has 40 heavy (non-hydrogen) atoms. The zero-order valence-electron chi connectivity index (χ0n) is 22.1. The van der Waals surface area contributed by atoms with Crippen LogP contribution in [0.4, 0.5) is 18.0 Å². The molecule has 4 aromatic rings. The number of rotatable bonds is 6. The number of halogens is 3. The maximum absolute atomic E-state index is 13.6. The SMILES string of the molecule is CSc1nccc(-c2nc(C3CCN(C(=O)OCc4ccccc4)CC3)n(C)c2-c2cccc(C(F)(F)F)c2)n1. The molecule has 3 heterocycles. The van der Waals surface area contributed by atoms with E-state index in [9.17, 15) is 18.0 Å². The third-order valence-corrected chi connectivity index (χ3v) is 7.54. The van der Waals surface area contributed by atoms with Gasteiger partial charge in [0.1, 0.15) is 18.1 Å². The van der Waals surface area contributed by atoms with Crippen LogP contribution in [0.3, 0.4) is 0 Å². The van der Waals surface area contributed by atoms with Gasteiger partial charge in [-0.25, -0.2) is 19.7 Å². The number of imidazole rings is 1. The number of carbonyl (C=O) groups excluding carboxylic acids is 1. The first-order valence-electron chi connectivity index (χ1n) is 12.8. The summed E-state index contributed by atoms with van der Waals surface area (Å²) in [7, 11) is 1.82. The molecule has 0 unspecified atom stereocenters. The van der Waals surface area contributed by atoms with E-state index in [0.29, 0.717) is 53.7 Å². The predicted octanol–water partition coefficient (Wildman–Crippen LogP) is 6.80. The number of likely N-dealkylation sites (tertiary alicyclic amines) is 1. The van der Waals surface area contributed by atoms with Gasteiger partial charge in [0.25, 0.3) is 0 Å². The summed E-state index contributed by atoms with van der Waals surface area (Å²) < 4.78 is 48.1. The molecule has 1 aliphatic heterocycles. The summed E-state index contributed by atoms with van der Waals surface area (Å²) in [5.74, 6) is 0.743. The van der Waals surface area contributed by atoms with Crippen molar-refractivity contribution >= 4 is 17.9 Å². The predicted molar refractivity (Wildman–Crippen MR) is 147 cm³/mol. The van der Waals surface area contributed by atoms with E-state index in [-0.39, 0.29) is 18.6 Å². The summed E-state index contributed by atoms with van der Waals surface area (Å²) in [5, 5.41) is 0.544. The second kappa shape index (κ2) is 11.7. The minimum atomic E-state index is -4.47. The number of amides is 1. The highest BCUT2D eigenvalue weighted by Crippen LogP contribution is 2.39. The van der Waals surface area contributed by atoms with Crippen LogP contribution in [0.25, 0.3) is 22.6 Å². The summed E-state index contributed by atoms with van der Waals surface area (Å²) in [4.78, 5) is 28.1. The monoisotopic (exact) mass is 567 g/mol. The molecule has 1 aliphatic rings. The summed E-state index contributed by atoms with van der Waals surface area (Å²) in [5.41, 5.74) is 2.18. The number of hydrogen-bond acceptors (Lipinski definition) is 6. The number of ether oxygens (including phenoxy) is 1. The summed E-state index contributed by atoms with van der Waals surface area (Å²) in [6.07, 6.45) is -0.0643. The van der Waals surface area contributed by atoms with E-state index in [4.69, 9.17) is 9.72 Å². The highest BCUT2D eigenvalue weighted by molar-refractivity contribution is 7.98. The molecule has 1 fully saturated rings. The summed E-state index contributed by atoms with van der Waals surface area (Å²) in [6.45, 7) is 1.19. The standard InChI is InChI=1S/C29H28F3N5O2S/c1-36-25(21-9-6-10-22(17-21)29(30,31)32)24(23-11-14-33-27(34-23)40-2)35-26(36)20-12-15-37(16-13-20)28(38)39-18-19-7-4-3-5-8-19/h3-11,14,17,20H,12-13,15-16,18H2,1-2H3. The molecule has 0 spiro atoms. The van der Waals surface area contributed by atoms with Gasteiger partial charge in [0.2, 0.25) is 0 Å². The van der Waals surface area contributed by atoms with E-state index in [2.05, 4.69) is 9.97 Å². The molecule has 0 radical (unpaired) electrons. The Morgan fingerprint density at radius 3 is 2.50 bits per heavy atom. The van der Waals surface area contributed by atoms with E-state index < -0.39 is 11.7 Å². The van der Waals surface area contributed by atoms with E-state index in [1.54, 1.807) is 23.2 Å². The van der Waals surface area contributed by atoms with Crippen LogP contribution in [-0.4, -0.2) is 49.9 Å². The molecule has 11 heteroatoms. The molecule has 0 N–H and O–H groups in total. The van der Waals surface area contributed by atoms with Crippen LogP contribution in [0.2, 0.25) is 0 Å². The Morgan fingerprint density at radius 2 is 1.80 bits per heavy atom. The molecule has 0 aliphatic carbocycles. The first-order valence-corrected chi connectivity index (χ1v) is 14.0. The molecule has 0 bridgehead atoms. The zero-order valence-corrected chi connectivity index (χ0v) is 22.9. The van der Waals surface area contributed by atoms with E-state index in [1.165, 1.54) is 17.8 Å². The summed E-state index contributed by atoms with van der Waals surface area (Å²) in [6, 6.07) is 16.5. The second-order valence-electron chi connectivity index (χ2n) is 9.53. The number of carbonyl (C=O) groups is 1. The van der Waals surface area contributed by atoms with Crippen LogP contribution in [0.1, 0.15) is 35.7 Å². The fourth-order valence-corrected chi connectivity index (χ4v) is 5.29. The smallest absolute Gasteiger partial charge is 0.416 e. The van der Waals surface area contributed by atoms with Crippen LogP contribution >= 0.6 is 11.8 Å². The highest BCUT2D eigenvalue weighted by Gasteiger charge is 2.33. The molecule has 0 atom stereocenters. The highest BCUT2D eigenvalue weighted by atomic mass is 32.2. The molecule has 2 aromatic carbocycles. The normalized spacial score (nSPS) is 14.4. The Kier molecular flexibility index (Phi) is 8.11. The number of alkyl halides is 3.